The molecular formula is C21H29N5O. The van der Waals surface area contributed by atoms with Gasteiger partial charge in [-0.1, -0.05) is 24.3 Å². The number of hydrogen-bond acceptors (Lipinski definition) is 4. The molecule has 1 N–H and O–H groups in total. The van der Waals surface area contributed by atoms with Crippen molar-refractivity contribution in [1.82, 2.24) is 15.2 Å². The molecule has 2 aromatic rings. The largest absolute Gasteiger partial charge is 0.475 e. The lowest BCUT2D eigenvalue weighted by Gasteiger charge is -2.37. The molecule has 0 unspecified atom stereocenters. The Kier molecular flexibility index (Phi) is 6.52. The fraction of sp³-hybridized carbons (Fsp3) is 0.429. The lowest BCUT2D eigenvalue weighted by atomic mass is 10.2. The van der Waals surface area contributed by atoms with Gasteiger partial charge in [0, 0.05) is 57.7 Å². The number of pyridine rings is 1. The first-order valence-electron chi connectivity index (χ1n) is 9.53. The van der Waals surface area contributed by atoms with Gasteiger partial charge >= 0.3 is 0 Å². The zero-order chi connectivity index (χ0) is 19.1. The first-order chi connectivity index (χ1) is 13.2. The second kappa shape index (κ2) is 9.26. The number of aromatic nitrogens is 1. The molecule has 0 radical (unpaired) electrons. The number of ether oxygens (including phenoxy) is 1. The molecule has 2 heterocycles. The average molecular weight is 367 g/mol. The maximum Gasteiger partial charge on any atom is 0.213 e. The molecular weight excluding hydrogens is 338 g/mol. The van der Waals surface area contributed by atoms with Gasteiger partial charge in [0.25, 0.3) is 0 Å². The molecule has 1 aromatic heterocycles. The third-order valence-electron chi connectivity index (χ3n) is 4.52. The summed E-state index contributed by atoms with van der Waals surface area (Å²) in [5.41, 5.74) is 2.39. The number of nitrogens with zero attached hydrogens (tertiary/aromatic N) is 4. The molecule has 0 atom stereocenters. The predicted molar refractivity (Wildman–Crippen MR) is 110 cm³/mol. The standard InChI is InChI=1S/C21H29N5O/c1-17(2)27-20-10-9-18(15-23-20)16-24-21(22-3)26-13-11-25(12-14-26)19-7-5-4-6-8-19/h4-10,15,17H,11-14,16H2,1-3H3,(H,22,24). The van der Waals surface area contributed by atoms with Crippen LogP contribution < -0.4 is 15.0 Å². The number of para-hydroxylation sites is 1. The molecule has 27 heavy (non-hydrogen) atoms. The summed E-state index contributed by atoms with van der Waals surface area (Å²) in [4.78, 5) is 13.5. The Hall–Kier alpha value is -2.76. The van der Waals surface area contributed by atoms with Gasteiger partial charge in [0.2, 0.25) is 5.88 Å². The van der Waals surface area contributed by atoms with E-state index < -0.39 is 0 Å². The summed E-state index contributed by atoms with van der Waals surface area (Å²) < 4.78 is 5.59. The van der Waals surface area contributed by atoms with Gasteiger partial charge in [-0.15, -0.1) is 0 Å². The van der Waals surface area contributed by atoms with Gasteiger partial charge in [-0.2, -0.15) is 0 Å². The van der Waals surface area contributed by atoms with E-state index in [1.165, 1.54) is 5.69 Å². The third kappa shape index (κ3) is 5.36. The van der Waals surface area contributed by atoms with Crippen molar-refractivity contribution in [3.63, 3.8) is 0 Å². The number of rotatable bonds is 5. The van der Waals surface area contributed by atoms with E-state index in [0.29, 0.717) is 12.4 Å². The van der Waals surface area contributed by atoms with Gasteiger partial charge in [0.1, 0.15) is 0 Å². The lowest BCUT2D eigenvalue weighted by molar-refractivity contribution is 0.232. The smallest absolute Gasteiger partial charge is 0.213 e. The van der Waals surface area contributed by atoms with Crippen molar-refractivity contribution in [2.45, 2.75) is 26.5 Å². The van der Waals surface area contributed by atoms with Crippen LogP contribution in [-0.2, 0) is 6.54 Å². The van der Waals surface area contributed by atoms with Crippen LogP contribution in [-0.4, -0.2) is 55.2 Å². The molecule has 144 valence electrons. The van der Waals surface area contributed by atoms with Crippen molar-refractivity contribution < 1.29 is 4.74 Å². The Balaban J connectivity index is 1.50. The first kappa shape index (κ1) is 19.0. The minimum Gasteiger partial charge on any atom is -0.475 e. The van der Waals surface area contributed by atoms with Crippen molar-refractivity contribution in [1.29, 1.82) is 0 Å². The van der Waals surface area contributed by atoms with Crippen LogP contribution in [0.5, 0.6) is 5.88 Å². The number of nitrogens with one attached hydrogen (secondary N) is 1. The van der Waals surface area contributed by atoms with E-state index in [4.69, 9.17) is 4.74 Å². The maximum absolute atomic E-state index is 5.59. The number of benzene rings is 1. The molecule has 0 aliphatic carbocycles. The summed E-state index contributed by atoms with van der Waals surface area (Å²) in [6, 6.07) is 14.5. The average Bonchev–Trinajstić information content (AvgIpc) is 2.70. The lowest BCUT2D eigenvalue weighted by Crippen LogP contribution is -2.52. The molecule has 6 heteroatoms. The zero-order valence-corrected chi connectivity index (χ0v) is 16.4. The van der Waals surface area contributed by atoms with E-state index in [1.807, 2.05) is 39.2 Å². The second-order valence-electron chi connectivity index (χ2n) is 6.88. The zero-order valence-electron chi connectivity index (χ0n) is 16.4. The van der Waals surface area contributed by atoms with E-state index in [-0.39, 0.29) is 6.10 Å². The highest BCUT2D eigenvalue weighted by atomic mass is 16.5. The van der Waals surface area contributed by atoms with E-state index in [1.54, 1.807) is 0 Å². The molecule has 6 nitrogen and oxygen atoms in total. The Morgan fingerprint density at radius 2 is 1.85 bits per heavy atom. The summed E-state index contributed by atoms with van der Waals surface area (Å²) in [5.74, 6) is 1.60. The Morgan fingerprint density at radius 1 is 1.11 bits per heavy atom. The van der Waals surface area contributed by atoms with E-state index >= 15 is 0 Å². The fourth-order valence-corrected chi connectivity index (χ4v) is 3.16. The van der Waals surface area contributed by atoms with Crippen LogP contribution in [0.25, 0.3) is 0 Å². The third-order valence-corrected chi connectivity index (χ3v) is 4.52. The number of aliphatic imine (C=N–C) groups is 1. The van der Waals surface area contributed by atoms with Crippen molar-refractivity contribution in [2.75, 3.05) is 38.1 Å². The van der Waals surface area contributed by atoms with Gasteiger partial charge in [-0.25, -0.2) is 4.98 Å². The molecule has 1 aliphatic heterocycles. The number of hydrogen-bond donors (Lipinski definition) is 1. The molecule has 0 spiro atoms. The minimum absolute atomic E-state index is 0.134. The normalized spacial score (nSPS) is 15.2. The SMILES string of the molecule is CN=C(NCc1ccc(OC(C)C)nc1)N1CCN(c2ccccc2)CC1. The second-order valence-corrected chi connectivity index (χ2v) is 6.88. The predicted octanol–water partition coefficient (Wildman–Crippen LogP) is 2.77. The van der Waals surface area contributed by atoms with Gasteiger partial charge in [0.15, 0.2) is 5.96 Å². The van der Waals surface area contributed by atoms with Crippen LogP contribution in [0.15, 0.2) is 53.7 Å². The Morgan fingerprint density at radius 3 is 2.44 bits per heavy atom. The van der Waals surface area contributed by atoms with Crippen LogP contribution in [0, 0.1) is 0 Å². The summed E-state index contributed by atoms with van der Waals surface area (Å²) in [6.07, 6.45) is 1.99. The molecule has 0 saturated carbocycles. The molecule has 1 saturated heterocycles. The number of guanidine groups is 1. The summed E-state index contributed by atoms with van der Waals surface area (Å²) in [5, 5.41) is 3.45. The number of anilines is 1. The van der Waals surface area contributed by atoms with Gasteiger partial charge in [0.05, 0.1) is 6.10 Å². The summed E-state index contributed by atoms with van der Waals surface area (Å²) in [6.45, 7) is 8.58. The maximum atomic E-state index is 5.59. The van der Waals surface area contributed by atoms with Crippen molar-refractivity contribution in [3.05, 3.63) is 54.2 Å². The monoisotopic (exact) mass is 367 g/mol. The van der Waals surface area contributed by atoms with Crippen LogP contribution in [0.4, 0.5) is 5.69 Å². The van der Waals surface area contributed by atoms with Crippen LogP contribution in [0.2, 0.25) is 0 Å². The van der Waals surface area contributed by atoms with Crippen molar-refractivity contribution >= 4 is 11.6 Å². The number of piperazine rings is 1. The fourth-order valence-electron chi connectivity index (χ4n) is 3.16. The highest BCUT2D eigenvalue weighted by Gasteiger charge is 2.19. The van der Waals surface area contributed by atoms with E-state index in [9.17, 15) is 0 Å². The van der Waals surface area contributed by atoms with Gasteiger partial charge < -0.3 is 19.9 Å². The van der Waals surface area contributed by atoms with Gasteiger partial charge in [-0.3, -0.25) is 4.99 Å². The summed E-state index contributed by atoms with van der Waals surface area (Å²) >= 11 is 0. The minimum atomic E-state index is 0.134. The Labute approximate surface area is 161 Å². The van der Waals surface area contributed by atoms with Crippen molar-refractivity contribution in [2.24, 2.45) is 4.99 Å². The highest BCUT2D eigenvalue weighted by Crippen LogP contribution is 2.15. The molecule has 3 rings (SSSR count). The highest BCUT2D eigenvalue weighted by molar-refractivity contribution is 5.80. The molecule has 1 aromatic carbocycles. The van der Waals surface area contributed by atoms with Crippen LogP contribution in [0.1, 0.15) is 19.4 Å². The molecule has 0 amide bonds. The van der Waals surface area contributed by atoms with Crippen LogP contribution >= 0.6 is 0 Å². The van der Waals surface area contributed by atoms with Gasteiger partial charge in [-0.05, 0) is 31.5 Å². The topological polar surface area (TPSA) is 53.0 Å². The van der Waals surface area contributed by atoms with E-state index in [0.717, 1.165) is 37.7 Å². The van der Waals surface area contributed by atoms with Crippen molar-refractivity contribution in [3.8, 4) is 5.88 Å². The Bertz CT molecular complexity index is 722. The molecule has 1 aliphatic rings. The van der Waals surface area contributed by atoms with Crippen LogP contribution in [0.3, 0.4) is 0 Å². The molecule has 1 fully saturated rings. The first-order valence-corrected chi connectivity index (χ1v) is 9.53. The quantitative estimate of drug-likeness (QED) is 0.651. The van der Waals surface area contributed by atoms with E-state index in [2.05, 4.69) is 55.4 Å². The summed E-state index contributed by atoms with van der Waals surface area (Å²) in [7, 11) is 1.84. The molecule has 0 bridgehead atoms.